The summed E-state index contributed by atoms with van der Waals surface area (Å²) in [5.74, 6) is 1.59. The number of nitrogens with one attached hydrogen (secondary N) is 2. The van der Waals surface area contributed by atoms with E-state index in [0.29, 0.717) is 34.4 Å². The van der Waals surface area contributed by atoms with Crippen LogP contribution in [-0.2, 0) is 9.59 Å². The van der Waals surface area contributed by atoms with Gasteiger partial charge in [0.15, 0.2) is 12.2 Å². The molecule has 0 aliphatic rings. The summed E-state index contributed by atoms with van der Waals surface area (Å²) in [5.41, 5.74) is 2.70. The van der Waals surface area contributed by atoms with Gasteiger partial charge in [-0.2, -0.15) is 0 Å². The molecule has 206 valence electrons. The second kappa shape index (κ2) is 13.2. The Hall–Kier alpha value is -4.98. The maximum atomic E-state index is 12.7. The minimum atomic E-state index is -0.709. The van der Waals surface area contributed by atoms with E-state index in [4.69, 9.17) is 18.9 Å². The summed E-state index contributed by atoms with van der Waals surface area (Å²) in [6, 6.07) is 29.2. The number of para-hydroxylation sites is 2. The molecule has 0 aromatic heterocycles. The lowest BCUT2D eigenvalue weighted by Crippen LogP contribution is -2.30. The van der Waals surface area contributed by atoms with Crippen molar-refractivity contribution in [2.75, 3.05) is 24.9 Å². The van der Waals surface area contributed by atoms with Crippen LogP contribution in [0.25, 0.3) is 11.1 Å². The molecule has 40 heavy (non-hydrogen) atoms. The second-order valence-electron chi connectivity index (χ2n) is 8.95. The van der Waals surface area contributed by atoms with Crippen LogP contribution in [0.5, 0.6) is 23.0 Å². The fourth-order valence-corrected chi connectivity index (χ4v) is 3.93. The molecule has 0 fully saturated rings. The Morgan fingerprint density at radius 3 is 1.30 bits per heavy atom. The Morgan fingerprint density at radius 1 is 0.575 bits per heavy atom. The smallest absolute Gasteiger partial charge is 0.265 e. The van der Waals surface area contributed by atoms with Gasteiger partial charge in [0, 0.05) is 0 Å². The summed E-state index contributed by atoms with van der Waals surface area (Å²) in [5, 5.41) is 5.74. The fourth-order valence-electron chi connectivity index (χ4n) is 3.93. The summed E-state index contributed by atoms with van der Waals surface area (Å²) >= 11 is 0. The summed E-state index contributed by atoms with van der Waals surface area (Å²) in [6.45, 7) is 3.37. The highest BCUT2D eigenvalue weighted by Crippen LogP contribution is 2.35. The van der Waals surface area contributed by atoms with E-state index in [9.17, 15) is 9.59 Å². The van der Waals surface area contributed by atoms with Crippen LogP contribution in [0.1, 0.15) is 13.8 Å². The maximum absolute atomic E-state index is 12.7. The van der Waals surface area contributed by atoms with Gasteiger partial charge in [-0.15, -0.1) is 0 Å². The Morgan fingerprint density at radius 2 is 0.950 bits per heavy atom. The van der Waals surface area contributed by atoms with Crippen LogP contribution in [0.4, 0.5) is 11.4 Å². The van der Waals surface area contributed by atoms with Gasteiger partial charge in [-0.25, -0.2) is 0 Å². The predicted octanol–water partition coefficient (Wildman–Crippen LogP) is 6.18. The third-order valence-corrected chi connectivity index (χ3v) is 6.10. The molecule has 0 aliphatic heterocycles. The number of hydrogen-bond acceptors (Lipinski definition) is 6. The number of anilines is 2. The molecule has 4 aromatic carbocycles. The van der Waals surface area contributed by atoms with Crippen molar-refractivity contribution in [3.05, 3.63) is 97.1 Å². The molecule has 0 aliphatic carbocycles. The van der Waals surface area contributed by atoms with Gasteiger partial charge in [0.05, 0.1) is 25.6 Å². The van der Waals surface area contributed by atoms with E-state index in [-0.39, 0.29) is 11.8 Å². The van der Waals surface area contributed by atoms with Crippen LogP contribution in [0, 0.1) is 0 Å². The highest BCUT2D eigenvalue weighted by Gasteiger charge is 2.19. The Bertz CT molecular complexity index is 1330. The summed E-state index contributed by atoms with van der Waals surface area (Å²) in [6.07, 6.45) is -1.42. The van der Waals surface area contributed by atoms with Gasteiger partial charge in [-0.3, -0.25) is 9.59 Å². The van der Waals surface area contributed by atoms with Gasteiger partial charge >= 0.3 is 0 Å². The van der Waals surface area contributed by atoms with Crippen molar-refractivity contribution in [3.63, 3.8) is 0 Å². The number of amides is 2. The molecule has 2 N–H and O–H groups in total. The molecule has 2 amide bonds. The molecule has 4 aromatic rings. The molecule has 0 bridgehead atoms. The minimum absolute atomic E-state index is 0.304. The first-order chi connectivity index (χ1) is 19.4. The van der Waals surface area contributed by atoms with Crippen molar-refractivity contribution < 1.29 is 28.5 Å². The van der Waals surface area contributed by atoms with E-state index in [1.165, 1.54) is 14.2 Å². The number of benzene rings is 4. The van der Waals surface area contributed by atoms with E-state index >= 15 is 0 Å². The van der Waals surface area contributed by atoms with Crippen molar-refractivity contribution in [1.29, 1.82) is 0 Å². The first-order valence-corrected chi connectivity index (χ1v) is 12.8. The number of hydrogen-bond donors (Lipinski definition) is 2. The maximum Gasteiger partial charge on any atom is 0.265 e. The molecule has 2 unspecified atom stereocenters. The summed E-state index contributed by atoms with van der Waals surface area (Å²) in [7, 11) is 3.08. The molecule has 0 radical (unpaired) electrons. The van der Waals surface area contributed by atoms with Crippen LogP contribution in [0.15, 0.2) is 97.1 Å². The van der Waals surface area contributed by atoms with Crippen LogP contribution >= 0.6 is 0 Å². The van der Waals surface area contributed by atoms with Gasteiger partial charge in [0.1, 0.15) is 23.0 Å². The van der Waals surface area contributed by atoms with Gasteiger partial charge in [-0.05, 0) is 73.5 Å². The van der Waals surface area contributed by atoms with Gasteiger partial charge in [-0.1, -0.05) is 48.5 Å². The number of carbonyl (C=O) groups is 2. The molecule has 0 saturated carbocycles. The summed E-state index contributed by atoms with van der Waals surface area (Å²) in [4.78, 5) is 25.5. The van der Waals surface area contributed by atoms with E-state index in [1.54, 1.807) is 50.2 Å². The second-order valence-corrected chi connectivity index (χ2v) is 8.95. The van der Waals surface area contributed by atoms with Crippen LogP contribution in [-0.4, -0.2) is 38.2 Å². The lowest BCUT2D eigenvalue weighted by atomic mass is 10.0. The van der Waals surface area contributed by atoms with Crippen LogP contribution in [0.3, 0.4) is 0 Å². The Kier molecular flexibility index (Phi) is 9.25. The molecule has 4 rings (SSSR count). The van der Waals surface area contributed by atoms with Gasteiger partial charge in [0.2, 0.25) is 0 Å². The van der Waals surface area contributed by atoms with Crippen LogP contribution < -0.4 is 29.6 Å². The first-order valence-electron chi connectivity index (χ1n) is 12.8. The zero-order chi connectivity index (χ0) is 28.5. The third-order valence-electron chi connectivity index (χ3n) is 6.10. The third kappa shape index (κ3) is 7.11. The number of carbonyl (C=O) groups excluding carboxylic acids is 2. The van der Waals surface area contributed by atoms with Crippen molar-refractivity contribution in [1.82, 2.24) is 0 Å². The molecule has 2 atom stereocenters. The monoisotopic (exact) mass is 540 g/mol. The molecule has 0 heterocycles. The quantitative estimate of drug-likeness (QED) is 0.236. The summed E-state index contributed by atoms with van der Waals surface area (Å²) < 4.78 is 22.6. The zero-order valence-electron chi connectivity index (χ0n) is 22.8. The zero-order valence-corrected chi connectivity index (χ0v) is 22.8. The lowest BCUT2D eigenvalue weighted by Gasteiger charge is -2.18. The van der Waals surface area contributed by atoms with Crippen molar-refractivity contribution >= 4 is 23.2 Å². The molecule has 0 spiro atoms. The Balaban J connectivity index is 1.45. The predicted molar refractivity (Wildman–Crippen MR) is 155 cm³/mol. The lowest BCUT2D eigenvalue weighted by molar-refractivity contribution is -0.122. The van der Waals surface area contributed by atoms with Gasteiger partial charge < -0.3 is 29.6 Å². The van der Waals surface area contributed by atoms with E-state index in [0.717, 1.165) is 11.1 Å². The van der Waals surface area contributed by atoms with Crippen molar-refractivity contribution in [3.8, 4) is 34.1 Å². The van der Waals surface area contributed by atoms with E-state index < -0.39 is 12.2 Å². The average Bonchev–Trinajstić information content (AvgIpc) is 2.98. The van der Waals surface area contributed by atoms with Crippen LogP contribution in [0.2, 0.25) is 0 Å². The normalized spacial score (nSPS) is 12.0. The molecule has 8 nitrogen and oxygen atoms in total. The highest BCUT2D eigenvalue weighted by atomic mass is 16.5. The topological polar surface area (TPSA) is 95.1 Å². The van der Waals surface area contributed by atoms with Gasteiger partial charge in [0.25, 0.3) is 11.8 Å². The molecule has 0 saturated heterocycles. The number of ether oxygens (including phenoxy) is 4. The largest absolute Gasteiger partial charge is 0.495 e. The molecular formula is C32H32N2O6. The first kappa shape index (κ1) is 28.0. The van der Waals surface area contributed by atoms with E-state index in [2.05, 4.69) is 10.6 Å². The van der Waals surface area contributed by atoms with Crippen molar-refractivity contribution in [2.24, 2.45) is 0 Å². The SMILES string of the molecule is COc1cc(-c2ccc(NC(=O)C(C)Oc3ccccc3)c(OC)c2)ccc1NC(=O)C(C)Oc1ccccc1. The fraction of sp³-hybridized carbons (Fsp3) is 0.188. The van der Waals surface area contributed by atoms with Crippen molar-refractivity contribution in [2.45, 2.75) is 26.1 Å². The van der Waals surface area contributed by atoms with E-state index in [1.807, 2.05) is 60.7 Å². The molecule has 8 heteroatoms. The standard InChI is InChI=1S/C32H32N2O6/c1-21(39-25-11-7-5-8-12-25)31(35)33-27-17-15-23(19-29(27)37-3)24-16-18-28(30(20-24)38-4)34-32(36)22(2)40-26-13-9-6-10-14-26/h5-22H,1-4H3,(H,33,35)(H,34,36). The highest BCUT2D eigenvalue weighted by molar-refractivity contribution is 5.97. The minimum Gasteiger partial charge on any atom is -0.495 e. The number of methoxy groups -OCH3 is 2. The Labute approximate surface area is 233 Å². The molecular weight excluding hydrogens is 508 g/mol. The number of rotatable bonds is 11. The average molecular weight is 541 g/mol.